The number of hydrogen-bond acceptors (Lipinski definition) is 5. The molecule has 2 heterocycles. The number of carbonyl (C=O) groups excluding carboxylic acids is 1. The Kier molecular flexibility index (Phi) is 7.51. The summed E-state index contributed by atoms with van der Waals surface area (Å²) < 4.78 is 76.4. The van der Waals surface area contributed by atoms with Crippen LogP contribution >= 0.6 is 11.6 Å². The van der Waals surface area contributed by atoms with Gasteiger partial charge in [-0.15, -0.1) is 0 Å². The molecular formula is C19H21ClF5N3O3. The molecule has 0 aromatic carbocycles. The van der Waals surface area contributed by atoms with Crippen LogP contribution in [0.1, 0.15) is 43.9 Å². The number of nitrogens with zero attached hydrogens (tertiary/aromatic N) is 3. The number of hydrogen-bond donors (Lipinski definition) is 0. The maximum Gasteiger partial charge on any atom is 0.394 e. The fourth-order valence-corrected chi connectivity index (χ4v) is 3.07. The number of alkyl halides is 5. The molecule has 0 saturated heterocycles. The molecule has 0 spiro atoms. The van der Waals surface area contributed by atoms with Crippen molar-refractivity contribution in [1.82, 2.24) is 14.8 Å². The van der Waals surface area contributed by atoms with Gasteiger partial charge in [-0.25, -0.2) is 4.79 Å². The van der Waals surface area contributed by atoms with Crippen molar-refractivity contribution in [2.75, 3.05) is 6.61 Å². The molecule has 0 aliphatic heterocycles. The summed E-state index contributed by atoms with van der Waals surface area (Å²) in [5, 5.41) is 3.87. The molecule has 2 rings (SSSR count). The van der Waals surface area contributed by atoms with Gasteiger partial charge in [0, 0.05) is 30.9 Å². The van der Waals surface area contributed by atoms with Crippen molar-refractivity contribution in [3.63, 3.8) is 0 Å². The lowest BCUT2D eigenvalue weighted by Gasteiger charge is -2.27. The number of aryl methyl sites for hydroxylation is 1. The van der Waals surface area contributed by atoms with E-state index in [1.165, 1.54) is 4.68 Å². The van der Waals surface area contributed by atoms with Crippen LogP contribution in [0.15, 0.2) is 12.3 Å². The molecule has 0 N–H and O–H groups in total. The first-order valence-corrected chi connectivity index (χ1v) is 9.64. The Labute approximate surface area is 180 Å². The van der Waals surface area contributed by atoms with Gasteiger partial charge in [-0.1, -0.05) is 25.4 Å². The largest absolute Gasteiger partial charge is 0.461 e. The molecule has 0 amide bonds. The molecule has 0 atom stereocenters. The van der Waals surface area contributed by atoms with Gasteiger partial charge in [-0.2, -0.15) is 27.1 Å². The molecule has 0 radical (unpaired) electrons. The predicted molar refractivity (Wildman–Crippen MR) is 102 cm³/mol. The first-order chi connectivity index (χ1) is 14.3. The maximum absolute atomic E-state index is 13.2. The summed E-state index contributed by atoms with van der Waals surface area (Å²) in [4.78, 5) is 16.1. The molecule has 0 saturated carbocycles. The van der Waals surface area contributed by atoms with Gasteiger partial charge in [-0.3, -0.25) is 9.67 Å². The summed E-state index contributed by atoms with van der Waals surface area (Å²) in [7, 11) is 0. The van der Waals surface area contributed by atoms with Crippen molar-refractivity contribution >= 4 is 17.6 Å². The normalized spacial score (nSPS) is 12.4. The van der Waals surface area contributed by atoms with E-state index in [0.29, 0.717) is 0 Å². The van der Waals surface area contributed by atoms with E-state index in [1.807, 2.05) is 0 Å². The topological polar surface area (TPSA) is 66.2 Å². The van der Waals surface area contributed by atoms with Crippen LogP contribution in [0.25, 0.3) is 11.3 Å². The second-order valence-corrected chi connectivity index (χ2v) is 7.53. The van der Waals surface area contributed by atoms with Crippen molar-refractivity contribution in [2.45, 2.75) is 53.4 Å². The van der Waals surface area contributed by atoms with Crippen molar-refractivity contribution in [3.8, 4) is 17.0 Å². The van der Waals surface area contributed by atoms with E-state index in [2.05, 4.69) is 14.8 Å². The molecular weight excluding hydrogens is 449 g/mol. The monoisotopic (exact) mass is 469 g/mol. The van der Waals surface area contributed by atoms with Gasteiger partial charge in [0.1, 0.15) is 10.8 Å². The molecule has 0 aliphatic rings. The number of rotatable bonds is 8. The summed E-state index contributed by atoms with van der Waals surface area (Å²) in [6, 6.07) is 1.00. The molecule has 0 aliphatic carbocycles. The summed E-state index contributed by atoms with van der Waals surface area (Å²) >= 11 is 6.28. The summed E-state index contributed by atoms with van der Waals surface area (Å²) in [6.07, 6.45) is -4.02. The van der Waals surface area contributed by atoms with Crippen molar-refractivity contribution in [1.29, 1.82) is 0 Å². The highest BCUT2D eigenvalue weighted by Crippen LogP contribution is 2.42. The third-order valence-corrected chi connectivity index (χ3v) is 4.81. The molecule has 6 nitrogen and oxygen atoms in total. The van der Waals surface area contributed by atoms with Crippen molar-refractivity contribution in [3.05, 3.63) is 28.7 Å². The fraction of sp³-hybridized carbons (Fsp3) is 0.526. The zero-order valence-electron chi connectivity index (χ0n) is 17.2. The Balaban J connectivity index is 2.60. The standard InChI is InChI=1S/C19H21ClF5N3O3/c1-5-28-15(13(20)14(27-28)16(29)30-6-2)11-9-26-10(7-12(11)31-17(21)22)8-18(3,4)19(23,24)25/h7,9,17H,5-6,8H2,1-4H3. The molecule has 12 heteroatoms. The number of halogens is 6. The second kappa shape index (κ2) is 9.37. The second-order valence-electron chi connectivity index (χ2n) is 7.16. The Morgan fingerprint density at radius 1 is 1.26 bits per heavy atom. The molecule has 31 heavy (non-hydrogen) atoms. The third-order valence-electron chi connectivity index (χ3n) is 4.45. The SMILES string of the molecule is CCOC(=O)c1nn(CC)c(-c2cnc(CC(C)(C)C(F)(F)F)cc2OC(F)F)c1Cl. The van der Waals surface area contributed by atoms with Crippen LogP contribution in [0.4, 0.5) is 22.0 Å². The van der Waals surface area contributed by atoms with Gasteiger partial charge < -0.3 is 9.47 Å². The zero-order valence-corrected chi connectivity index (χ0v) is 17.9. The van der Waals surface area contributed by atoms with Gasteiger partial charge in [0.05, 0.1) is 23.3 Å². The summed E-state index contributed by atoms with van der Waals surface area (Å²) in [6.45, 7) is 2.22. The zero-order chi connectivity index (χ0) is 23.6. The smallest absolute Gasteiger partial charge is 0.394 e. The van der Waals surface area contributed by atoms with E-state index in [1.54, 1.807) is 13.8 Å². The molecule has 2 aromatic heterocycles. The van der Waals surface area contributed by atoms with Crippen LogP contribution in [-0.4, -0.2) is 40.1 Å². The first-order valence-electron chi connectivity index (χ1n) is 9.26. The number of aromatic nitrogens is 3. The van der Waals surface area contributed by atoms with E-state index in [9.17, 15) is 26.7 Å². The van der Waals surface area contributed by atoms with Crippen LogP contribution in [0.5, 0.6) is 5.75 Å². The average molecular weight is 470 g/mol. The lowest BCUT2D eigenvalue weighted by Crippen LogP contribution is -2.34. The van der Waals surface area contributed by atoms with E-state index in [0.717, 1.165) is 26.1 Å². The van der Waals surface area contributed by atoms with E-state index < -0.39 is 36.3 Å². The van der Waals surface area contributed by atoms with Crippen LogP contribution in [0.3, 0.4) is 0 Å². The Morgan fingerprint density at radius 3 is 2.42 bits per heavy atom. The molecule has 2 aromatic rings. The summed E-state index contributed by atoms with van der Waals surface area (Å²) in [5.41, 5.74) is -2.48. The highest BCUT2D eigenvalue weighted by Gasteiger charge is 2.47. The minimum atomic E-state index is -4.53. The van der Waals surface area contributed by atoms with E-state index in [4.69, 9.17) is 16.3 Å². The van der Waals surface area contributed by atoms with Crippen LogP contribution < -0.4 is 4.74 Å². The number of pyridine rings is 1. The van der Waals surface area contributed by atoms with Gasteiger partial charge in [-0.05, 0) is 13.8 Å². The molecule has 0 unspecified atom stereocenters. The van der Waals surface area contributed by atoms with Gasteiger partial charge >= 0.3 is 18.8 Å². The number of ether oxygens (including phenoxy) is 2. The Bertz CT molecular complexity index is 945. The lowest BCUT2D eigenvalue weighted by atomic mass is 9.86. The molecule has 0 fully saturated rings. The Hall–Kier alpha value is -2.43. The minimum Gasteiger partial charge on any atom is -0.461 e. The van der Waals surface area contributed by atoms with Crippen LogP contribution in [0, 0.1) is 5.41 Å². The predicted octanol–water partition coefficient (Wildman–Crippen LogP) is 5.53. The molecule has 0 bridgehead atoms. The van der Waals surface area contributed by atoms with E-state index in [-0.39, 0.29) is 40.8 Å². The number of carbonyl (C=O) groups is 1. The highest BCUT2D eigenvalue weighted by atomic mass is 35.5. The van der Waals surface area contributed by atoms with Crippen molar-refractivity contribution in [2.24, 2.45) is 5.41 Å². The third kappa shape index (κ3) is 5.44. The summed E-state index contributed by atoms with van der Waals surface area (Å²) in [5.74, 6) is -1.25. The minimum absolute atomic E-state index is 0.0521. The average Bonchev–Trinajstić information content (AvgIpc) is 2.97. The van der Waals surface area contributed by atoms with Gasteiger partial charge in [0.2, 0.25) is 0 Å². The lowest BCUT2D eigenvalue weighted by molar-refractivity contribution is -0.211. The quantitative estimate of drug-likeness (QED) is 0.376. The Morgan fingerprint density at radius 2 is 1.90 bits per heavy atom. The maximum atomic E-state index is 13.2. The molecule has 172 valence electrons. The van der Waals surface area contributed by atoms with Gasteiger partial charge in [0.15, 0.2) is 5.69 Å². The van der Waals surface area contributed by atoms with Crippen LogP contribution in [-0.2, 0) is 17.7 Å². The van der Waals surface area contributed by atoms with Crippen molar-refractivity contribution < 1.29 is 36.2 Å². The fourth-order valence-electron chi connectivity index (χ4n) is 2.75. The van der Waals surface area contributed by atoms with Crippen LogP contribution in [0.2, 0.25) is 5.02 Å². The highest BCUT2D eigenvalue weighted by molar-refractivity contribution is 6.35. The number of esters is 1. The van der Waals surface area contributed by atoms with Gasteiger partial charge in [0.25, 0.3) is 0 Å². The first kappa shape index (κ1) is 24.8. The van der Waals surface area contributed by atoms with E-state index >= 15 is 0 Å².